The normalized spacial score (nSPS) is 10.1. The van der Waals surface area contributed by atoms with Crippen molar-refractivity contribution in [3.63, 3.8) is 0 Å². The van der Waals surface area contributed by atoms with Crippen LogP contribution in [-0.4, -0.2) is 18.0 Å². The Hall–Kier alpha value is -0.950. The molecule has 0 amide bonds. The molecule has 0 saturated heterocycles. The van der Waals surface area contributed by atoms with Crippen LogP contribution >= 0.6 is 31.9 Å². The number of hydrogen-bond acceptors (Lipinski definition) is 4. The number of nitro groups is 1. The summed E-state index contributed by atoms with van der Waals surface area (Å²) in [5.74, 6) is -0.438. The van der Waals surface area contributed by atoms with E-state index in [4.69, 9.17) is 0 Å². The summed E-state index contributed by atoms with van der Waals surface area (Å²) in [4.78, 5) is 21.4. The number of nitrogens with zero attached hydrogens (tertiary/aromatic N) is 1. The largest absolute Gasteiger partial charge is 0.469 e. The molecular weight excluding hydrogens is 358 g/mol. The van der Waals surface area contributed by atoms with Gasteiger partial charge in [-0.15, -0.1) is 0 Å². The molecule has 0 N–H and O–H groups in total. The highest BCUT2D eigenvalue weighted by Crippen LogP contribution is 2.29. The lowest BCUT2D eigenvalue weighted by atomic mass is 10.1. The van der Waals surface area contributed by atoms with Gasteiger partial charge in [0.05, 0.1) is 18.5 Å². The number of benzene rings is 1. The Morgan fingerprint density at radius 2 is 2.06 bits per heavy atom. The fourth-order valence-electron chi connectivity index (χ4n) is 1.29. The number of esters is 1. The molecule has 1 aromatic carbocycles. The molecule has 0 atom stereocenters. The number of alkyl halides is 1. The monoisotopic (exact) mass is 365 g/mol. The Bertz CT molecular complexity index is 462. The molecule has 1 aromatic rings. The van der Waals surface area contributed by atoms with E-state index in [1.54, 1.807) is 0 Å². The van der Waals surface area contributed by atoms with E-state index in [1.165, 1.54) is 19.2 Å². The molecule has 0 fully saturated rings. The molecular formula is C10H9Br2NO4. The number of non-ortho nitro benzene ring substituents is 1. The second-order valence-electron chi connectivity index (χ2n) is 3.22. The van der Waals surface area contributed by atoms with Crippen LogP contribution in [0.4, 0.5) is 5.69 Å². The molecule has 0 aromatic heterocycles. The molecule has 92 valence electrons. The zero-order valence-electron chi connectivity index (χ0n) is 8.91. The molecule has 0 aliphatic carbocycles. The van der Waals surface area contributed by atoms with Crippen LogP contribution in [0.1, 0.15) is 11.1 Å². The van der Waals surface area contributed by atoms with Gasteiger partial charge < -0.3 is 4.74 Å². The SMILES string of the molecule is COC(=O)Cc1cc([N+](=O)[O-])cc(CBr)c1Br. The van der Waals surface area contributed by atoms with Crippen molar-refractivity contribution in [3.8, 4) is 0 Å². The Kier molecular flexibility index (Phi) is 5.07. The van der Waals surface area contributed by atoms with E-state index in [9.17, 15) is 14.9 Å². The second kappa shape index (κ2) is 6.11. The minimum atomic E-state index is -0.487. The summed E-state index contributed by atoms with van der Waals surface area (Å²) in [5.41, 5.74) is 1.22. The number of halogens is 2. The third kappa shape index (κ3) is 3.50. The van der Waals surface area contributed by atoms with Crippen molar-refractivity contribution in [2.24, 2.45) is 0 Å². The predicted molar refractivity (Wildman–Crippen MR) is 69.1 cm³/mol. The van der Waals surface area contributed by atoms with Gasteiger partial charge in [0.2, 0.25) is 0 Å². The molecule has 0 saturated carbocycles. The number of carbonyl (C=O) groups is 1. The fourth-order valence-corrected chi connectivity index (χ4v) is 2.62. The van der Waals surface area contributed by atoms with E-state index >= 15 is 0 Å². The van der Waals surface area contributed by atoms with Gasteiger partial charge in [0.15, 0.2) is 0 Å². The van der Waals surface area contributed by atoms with Crippen molar-refractivity contribution in [2.45, 2.75) is 11.8 Å². The summed E-state index contributed by atoms with van der Waals surface area (Å²) in [5, 5.41) is 11.2. The topological polar surface area (TPSA) is 69.4 Å². The van der Waals surface area contributed by atoms with E-state index in [0.29, 0.717) is 15.4 Å². The van der Waals surface area contributed by atoms with Crippen molar-refractivity contribution in [1.29, 1.82) is 0 Å². The number of hydrogen-bond donors (Lipinski definition) is 0. The van der Waals surface area contributed by atoms with Gasteiger partial charge in [-0.25, -0.2) is 0 Å². The van der Waals surface area contributed by atoms with E-state index in [1.807, 2.05) is 0 Å². The van der Waals surface area contributed by atoms with Gasteiger partial charge in [-0.3, -0.25) is 14.9 Å². The van der Waals surface area contributed by atoms with Crippen LogP contribution in [0.5, 0.6) is 0 Å². The molecule has 1 rings (SSSR count). The number of rotatable bonds is 4. The lowest BCUT2D eigenvalue weighted by molar-refractivity contribution is -0.385. The first-order valence-electron chi connectivity index (χ1n) is 4.58. The lowest BCUT2D eigenvalue weighted by Gasteiger charge is -2.07. The first-order chi connectivity index (χ1) is 7.99. The summed E-state index contributed by atoms with van der Waals surface area (Å²) in [6.07, 6.45) is -0.00123. The first kappa shape index (κ1) is 14.1. The highest BCUT2D eigenvalue weighted by atomic mass is 79.9. The summed E-state index contributed by atoms with van der Waals surface area (Å²) in [6.45, 7) is 0. The maximum absolute atomic E-state index is 11.2. The van der Waals surface area contributed by atoms with Crippen LogP contribution in [0.2, 0.25) is 0 Å². The number of ether oxygens (including phenoxy) is 1. The summed E-state index contributed by atoms with van der Waals surface area (Å²) in [6, 6.07) is 2.83. The van der Waals surface area contributed by atoms with Crippen LogP contribution in [0.25, 0.3) is 0 Å². The van der Waals surface area contributed by atoms with Crippen LogP contribution in [0.15, 0.2) is 16.6 Å². The standard InChI is InChI=1S/C10H9Br2NO4/c1-17-9(14)4-6-2-8(13(15)16)3-7(5-11)10(6)12/h2-3H,4-5H2,1H3. The molecule has 0 heterocycles. The van der Waals surface area contributed by atoms with Crippen molar-refractivity contribution in [1.82, 2.24) is 0 Å². The first-order valence-corrected chi connectivity index (χ1v) is 6.49. The van der Waals surface area contributed by atoms with Gasteiger partial charge >= 0.3 is 5.97 Å². The van der Waals surface area contributed by atoms with Crippen molar-refractivity contribution in [3.05, 3.63) is 37.8 Å². The minimum absolute atomic E-state index is 0.00123. The van der Waals surface area contributed by atoms with Gasteiger partial charge in [-0.1, -0.05) is 31.9 Å². The van der Waals surface area contributed by atoms with E-state index < -0.39 is 10.9 Å². The quantitative estimate of drug-likeness (QED) is 0.355. The van der Waals surface area contributed by atoms with Crippen molar-refractivity contribution in [2.75, 3.05) is 7.11 Å². The summed E-state index contributed by atoms with van der Waals surface area (Å²) >= 11 is 6.56. The van der Waals surface area contributed by atoms with E-state index in [2.05, 4.69) is 36.6 Å². The van der Waals surface area contributed by atoms with Gasteiger partial charge in [0, 0.05) is 21.9 Å². The van der Waals surface area contributed by atoms with Crippen LogP contribution in [-0.2, 0) is 21.3 Å². The highest BCUT2D eigenvalue weighted by Gasteiger charge is 2.16. The van der Waals surface area contributed by atoms with Crippen LogP contribution in [0, 0.1) is 10.1 Å². The van der Waals surface area contributed by atoms with Gasteiger partial charge in [0.25, 0.3) is 5.69 Å². The second-order valence-corrected chi connectivity index (χ2v) is 4.58. The molecule has 7 heteroatoms. The lowest BCUT2D eigenvalue weighted by Crippen LogP contribution is -2.06. The molecule has 0 unspecified atom stereocenters. The Morgan fingerprint density at radius 1 is 1.47 bits per heavy atom. The minimum Gasteiger partial charge on any atom is -0.469 e. The Morgan fingerprint density at radius 3 is 2.53 bits per heavy atom. The Labute approximate surface area is 115 Å². The average Bonchev–Trinajstić information content (AvgIpc) is 2.31. The van der Waals surface area contributed by atoms with E-state index in [0.717, 1.165) is 5.56 Å². The van der Waals surface area contributed by atoms with Crippen molar-refractivity contribution < 1.29 is 14.5 Å². The van der Waals surface area contributed by atoms with Gasteiger partial charge in [-0.2, -0.15) is 0 Å². The number of nitro benzene ring substituents is 1. The maximum Gasteiger partial charge on any atom is 0.310 e. The maximum atomic E-state index is 11.2. The third-order valence-electron chi connectivity index (χ3n) is 2.13. The van der Waals surface area contributed by atoms with Crippen LogP contribution < -0.4 is 0 Å². The van der Waals surface area contributed by atoms with Gasteiger partial charge in [-0.05, 0) is 11.1 Å². The predicted octanol–water partition coefficient (Wildman–Crippen LogP) is 2.97. The van der Waals surface area contributed by atoms with Crippen LogP contribution in [0.3, 0.4) is 0 Å². The molecule has 0 spiro atoms. The summed E-state index contributed by atoms with van der Waals surface area (Å²) < 4.78 is 5.23. The van der Waals surface area contributed by atoms with Crippen molar-refractivity contribution >= 4 is 43.5 Å². The summed E-state index contributed by atoms with van der Waals surface area (Å²) in [7, 11) is 1.28. The third-order valence-corrected chi connectivity index (χ3v) is 3.75. The molecule has 17 heavy (non-hydrogen) atoms. The number of carbonyl (C=O) groups excluding carboxylic acids is 1. The molecule has 0 bridgehead atoms. The molecule has 5 nitrogen and oxygen atoms in total. The molecule has 0 aliphatic rings. The zero-order chi connectivity index (χ0) is 13.0. The average molecular weight is 367 g/mol. The van der Waals surface area contributed by atoms with Gasteiger partial charge in [0.1, 0.15) is 0 Å². The zero-order valence-corrected chi connectivity index (χ0v) is 12.1. The smallest absolute Gasteiger partial charge is 0.310 e. The fraction of sp³-hybridized carbons (Fsp3) is 0.300. The number of methoxy groups -OCH3 is 1. The molecule has 0 aliphatic heterocycles. The highest BCUT2D eigenvalue weighted by molar-refractivity contribution is 9.10. The Balaban J connectivity index is 3.22. The van der Waals surface area contributed by atoms with E-state index in [-0.39, 0.29) is 12.1 Å². The molecule has 0 radical (unpaired) electrons.